The molecule has 0 amide bonds. The molecule has 2 atom stereocenters. The normalized spacial score (nSPS) is 25.5. The van der Waals surface area contributed by atoms with Crippen molar-refractivity contribution >= 4 is 15.9 Å². The Balaban J connectivity index is 1.63. The summed E-state index contributed by atoms with van der Waals surface area (Å²) in [6.07, 6.45) is 3.79. The maximum absolute atomic E-state index is 4.47. The summed E-state index contributed by atoms with van der Waals surface area (Å²) >= 11 is 3.52. The van der Waals surface area contributed by atoms with Gasteiger partial charge in [-0.05, 0) is 30.7 Å². The third-order valence-electron chi connectivity index (χ3n) is 4.17. The highest BCUT2D eigenvalue weighted by atomic mass is 79.9. The van der Waals surface area contributed by atoms with Gasteiger partial charge in [-0.1, -0.05) is 46.3 Å². The molecule has 4 heteroatoms. The van der Waals surface area contributed by atoms with Gasteiger partial charge in [-0.25, -0.2) is 0 Å². The first-order valence-electron chi connectivity index (χ1n) is 6.93. The van der Waals surface area contributed by atoms with Crippen molar-refractivity contribution in [3.05, 3.63) is 47.5 Å². The number of hydrogen-bond acceptors (Lipinski definition) is 2. The molecule has 0 radical (unpaired) electrons. The van der Waals surface area contributed by atoms with E-state index >= 15 is 0 Å². The summed E-state index contributed by atoms with van der Waals surface area (Å²) in [7, 11) is 0. The molecule has 1 aromatic carbocycles. The van der Waals surface area contributed by atoms with Gasteiger partial charge < -0.3 is 4.57 Å². The topological polar surface area (TPSA) is 30.7 Å². The van der Waals surface area contributed by atoms with E-state index < -0.39 is 0 Å². The Morgan fingerprint density at radius 2 is 1.89 bits per heavy atom. The first-order chi connectivity index (χ1) is 9.38. The molecule has 2 fully saturated rings. The van der Waals surface area contributed by atoms with Crippen LogP contribution in [0.5, 0.6) is 0 Å². The number of aromatic nitrogens is 3. The van der Waals surface area contributed by atoms with Crippen molar-refractivity contribution in [1.29, 1.82) is 0 Å². The molecule has 1 aromatic heterocycles. The third-order valence-corrected chi connectivity index (χ3v) is 4.68. The van der Waals surface area contributed by atoms with Gasteiger partial charge in [0.1, 0.15) is 11.6 Å². The molecule has 98 valence electrons. The van der Waals surface area contributed by atoms with E-state index in [4.69, 9.17) is 0 Å². The van der Waals surface area contributed by atoms with E-state index in [0.717, 1.165) is 11.2 Å². The lowest BCUT2D eigenvalue weighted by Gasteiger charge is -2.07. The zero-order valence-electron chi connectivity index (χ0n) is 10.7. The average molecular weight is 318 g/mol. The predicted octanol–water partition coefficient (Wildman–Crippen LogP) is 3.78. The molecule has 2 aliphatic rings. The highest BCUT2D eigenvalue weighted by molar-refractivity contribution is 9.08. The number of halogens is 1. The number of benzene rings is 1. The average Bonchev–Trinajstić information content (AvgIpc) is 3.38. The quantitative estimate of drug-likeness (QED) is 0.803. The van der Waals surface area contributed by atoms with Crippen LogP contribution in [0.1, 0.15) is 54.4 Å². The summed E-state index contributed by atoms with van der Waals surface area (Å²) < 4.78 is 2.39. The lowest BCUT2D eigenvalue weighted by atomic mass is 10.1. The smallest absolute Gasteiger partial charge is 0.143 e. The van der Waals surface area contributed by atoms with E-state index in [1.165, 1.54) is 30.7 Å². The van der Waals surface area contributed by atoms with E-state index in [1.54, 1.807) is 0 Å². The van der Waals surface area contributed by atoms with Crippen molar-refractivity contribution < 1.29 is 0 Å². The Morgan fingerprint density at radius 3 is 2.58 bits per heavy atom. The summed E-state index contributed by atoms with van der Waals surface area (Å²) in [5.41, 5.74) is 1.44. The summed E-state index contributed by atoms with van der Waals surface area (Å²) in [5, 5.41) is 9.63. The van der Waals surface area contributed by atoms with Gasteiger partial charge in [0.2, 0.25) is 0 Å². The van der Waals surface area contributed by atoms with Gasteiger partial charge in [-0.15, -0.1) is 10.2 Å². The van der Waals surface area contributed by atoms with Crippen LogP contribution in [-0.2, 0) is 5.33 Å². The molecule has 0 bridgehead atoms. The minimum atomic E-state index is 0.572. The fourth-order valence-electron chi connectivity index (χ4n) is 2.96. The van der Waals surface area contributed by atoms with Crippen LogP contribution < -0.4 is 0 Å². The van der Waals surface area contributed by atoms with Crippen molar-refractivity contribution in [2.45, 2.75) is 42.5 Å². The molecule has 1 heterocycles. The van der Waals surface area contributed by atoms with Gasteiger partial charge in [0, 0.05) is 12.0 Å². The van der Waals surface area contributed by atoms with Crippen LogP contribution in [0.2, 0.25) is 0 Å². The predicted molar refractivity (Wildman–Crippen MR) is 77.5 cm³/mol. The minimum absolute atomic E-state index is 0.572. The molecule has 2 aromatic rings. The van der Waals surface area contributed by atoms with Crippen LogP contribution in [-0.4, -0.2) is 14.8 Å². The monoisotopic (exact) mass is 317 g/mol. The number of hydrogen-bond donors (Lipinski definition) is 0. The molecule has 3 nitrogen and oxygen atoms in total. The van der Waals surface area contributed by atoms with Crippen molar-refractivity contribution in [2.24, 2.45) is 0 Å². The van der Waals surface area contributed by atoms with E-state index in [1.807, 2.05) is 0 Å². The summed E-state index contributed by atoms with van der Waals surface area (Å²) in [6, 6.07) is 11.5. The Morgan fingerprint density at radius 1 is 1.11 bits per heavy atom. The van der Waals surface area contributed by atoms with Gasteiger partial charge in [0.15, 0.2) is 0 Å². The molecular formula is C15H16BrN3. The SMILES string of the molecule is BrCc1nnc(C2CC2c2ccccc2)n1C1CC1. The van der Waals surface area contributed by atoms with Crippen molar-refractivity contribution in [3.63, 3.8) is 0 Å². The van der Waals surface area contributed by atoms with Gasteiger partial charge in [-0.3, -0.25) is 0 Å². The fourth-order valence-corrected chi connectivity index (χ4v) is 3.34. The maximum Gasteiger partial charge on any atom is 0.143 e. The van der Waals surface area contributed by atoms with Crippen LogP contribution in [0, 0.1) is 0 Å². The zero-order valence-corrected chi connectivity index (χ0v) is 12.3. The van der Waals surface area contributed by atoms with Crippen LogP contribution in [0.4, 0.5) is 0 Å². The molecule has 2 saturated carbocycles. The summed E-state index contributed by atoms with van der Waals surface area (Å²) in [5.74, 6) is 3.52. The largest absolute Gasteiger partial charge is 0.311 e. The second-order valence-corrected chi connectivity index (χ2v) is 6.13. The molecular weight excluding hydrogens is 302 g/mol. The standard InChI is InChI=1S/C15H16BrN3/c16-9-14-17-18-15(19(14)11-6-7-11)13-8-12(13)10-4-2-1-3-5-10/h1-5,11-13H,6-9H2. The molecule has 2 aliphatic carbocycles. The molecule has 4 rings (SSSR count). The molecule has 2 unspecified atom stereocenters. The van der Waals surface area contributed by atoms with Crippen LogP contribution in [0.3, 0.4) is 0 Å². The van der Waals surface area contributed by atoms with E-state index in [-0.39, 0.29) is 0 Å². The molecule has 0 spiro atoms. The number of rotatable bonds is 4. The first-order valence-corrected chi connectivity index (χ1v) is 8.05. The number of alkyl halides is 1. The number of nitrogens with zero attached hydrogens (tertiary/aromatic N) is 3. The lowest BCUT2D eigenvalue weighted by molar-refractivity contribution is 0.658. The molecule has 0 N–H and O–H groups in total. The van der Waals surface area contributed by atoms with Gasteiger partial charge in [-0.2, -0.15) is 0 Å². The van der Waals surface area contributed by atoms with E-state index in [2.05, 4.69) is 61.0 Å². The zero-order chi connectivity index (χ0) is 12.8. The highest BCUT2D eigenvalue weighted by Crippen LogP contribution is 2.55. The van der Waals surface area contributed by atoms with E-state index in [9.17, 15) is 0 Å². The van der Waals surface area contributed by atoms with Gasteiger partial charge in [0.25, 0.3) is 0 Å². The van der Waals surface area contributed by atoms with Crippen LogP contribution in [0.25, 0.3) is 0 Å². The Bertz CT molecular complexity index is 589. The van der Waals surface area contributed by atoms with Gasteiger partial charge >= 0.3 is 0 Å². The van der Waals surface area contributed by atoms with Crippen molar-refractivity contribution in [3.8, 4) is 0 Å². The Kier molecular flexibility index (Phi) is 2.72. The van der Waals surface area contributed by atoms with Crippen LogP contribution in [0.15, 0.2) is 30.3 Å². The van der Waals surface area contributed by atoms with Crippen LogP contribution >= 0.6 is 15.9 Å². The minimum Gasteiger partial charge on any atom is -0.311 e. The summed E-state index contributed by atoms with van der Waals surface area (Å²) in [4.78, 5) is 0. The Hall–Kier alpha value is -1.16. The molecule has 19 heavy (non-hydrogen) atoms. The first kappa shape index (κ1) is 11.6. The fraction of sp³-hybridized carbons (Fsp3) is 0.467. The van der Waals surface area contributed by atoms with Gasteiger partial charge in [0.05, 0.1) is 5.33 Å². The molecule has 0 aliphatic heterocycles. The van der Waals surface area contributed by atoms with Crippen molar-refractivity contribution in [1.82, 2.24) is 14.8 Å². The maximum atomic E-state index is 4.47. The van der Waals surface area contributed by atoms with Crippen molar-refractivity contribution in [2.75, 3.05) is 0 Å². The lowest BCUT2D eigenvalue weighted by Crippen LogP contribution is -2.04. The Labute approximate surface area is 121 Å². The van der Waals surface area contributed by atoms with E-state index in [0.29, 0.717) is 17.9 Å². The second kappa shape index (κ2) is 4.44. The summed E-state index contributed by atoms with van der Waals surface area (Å²) in [6.45, 7) is 0. The highest BCUT2D eigenvalue weighted by Gasteiger charge is 2.45. The third kappa shape index (κ3) is 2.02. The molecule has 0 saturated heterocycles. The second-order valence-electron chi connectivity index (χ2n) is 5.57.